The number of ether oxygens (including phenoxy) is 1. The minimum Gasteiger partial charge on any atom is -0.496 e. The highest BCUT2D eigenvalue weighted by Crippen LogP contribution is 2.33. The molecule has 6 nitrogen and oxygen atoms in total. The molecule has 0 fully saturated rings. The van der Waals surface area contributed by atoms with Crippen LogP contribution in [0.3, 0.4) is 0 Å². The fourth-order valence-electron chi connectivity index (χ4n) is 3.34. The molecule has 31 heavy (non-hydrogen) atoms. The summed E-state index contributed by atoms with van der Waals surface area (Å²) in [6.45, 7) is 3.63. The molecule has 0 saturated carbocycles. The van der Waals surface area contributed by atoms with E-state index < -0.39 is 0 Å². The Labute approximate surface area is 185 Å². The van der Waals surface area contributed by atoms with Gasteiger partial charge in [-0.05, 0) is 55.8 Å². The van der Waals surface area contributed by atoms with Gasteiger partial charge in [-0.25, -0.2) is 0 Å². The maximum Gasteiger partial charge on any atom is 0.196 e. The van der Waals surface area contributed by atoms with Crippen molar-refractivity contribution in [2.75, 3.05) is 7.11 Å². The number of pyridine rings is 1. The first-order chi connectivity index (χ1) is 15.1. The zero-order valence-corrected chi connectivity index (χ0v) is 18.4. The average Bonchev–Trinajstić information content (AvgIpc) is 3.22. The Morgan fingerprint density at radius 3 is 2.55 bits per heavy atom. The molecule has 2 aromatic heterocycles. The van der Waals surface area contributed by atoms with E-state index in [9.17, 15) is 4.79 Å². The number of ketones is 1. The summed E-state index contributed by atoms with van der Waals surface area (Å²) in [5.41, 5.74) is 4.68. The van der Waals surface area contributed by atoms with Gasteiger partial charge in [-0.1, -0.05) is 30.0 Å². The number of methoxy groups -OCH3 is 1. The molecule has 2 aromatic carbocycles. The molecule has 0 N–H and O–H groups in total. The van der Waals surface area contributed by atoms with Crippen LogP contribution in [0.25, 0.3) is 17.1 Å². The van der Waals surface area contributed by atoms with Gasteiger partial charge in [0.25, 0.3) is 0 Å². The zero-order valence-electron chi connectivity index (χ0n) is 17.6. The second kappa shape index (κ2) is 9.14. The van der Waals surface area contributed by atoms with Crippen LogP contribution < -0.4 is 4.74 Å². The Bertz CT molecular complexity index is 1220. The molecule has 0 aliphatic heterocycles. The van der Waals surface area contributed by atoms with Crippen molar-refractivity contribution in [1.82, 2.24) is 19.7 Å². The van der Waals surface area contributed by atoms with E-state index in [4.69, 9.17) is 4.74 Å². The topological polar surface area (TPSA) is 69.9 Å². The number of nitrogens with zero attached hydrogens (tertiary/aromatic N) is 4. The number of hydrogen-bond acceptors (Lipinski definition) is 6. The first-order valence-electron chi connectivity index (χ1n) is 9.81. The van der Waals surface area contributed by atoms with Crippen LogP contribution in [0.15, 0.2) is 72.1 Å². The maximum absolute atomic E-state index is 11.8. The lowest BCUT2D eigenvalue weighted by Crippen LogP contribution is -2.02. The summed E-state index contributed by atoms with van der Waals surface area (Å²) in [7, 11) is 1.63. The number of benzene rings is 2. The van der Waals surface area contributed by atoms with Crippen LogP contribution in [-0.4, -0.2) is 32.6 Å². The fourth-order valence-corrected chi connectivity index (χ4v) is 4.26. The van der Waals surface area contributed by atoms with Gasteiger partial charge in [-0.3, -0.25) is 14.3 Å². The summed E-state index contributed by atoms with van der Waals surface area (Å²) in [4.78, 5) is 15.9. The largest absolute Gasteiger partial charge is 0.496 e. The third-order valence-electron chi connectivity index (χ3n) is 4.97. The zero-order chi connectivity index (χ0) is 21.8. The summed E-state index contributed by atoms with van der Waals surface area (Å²) in [5.74, 6) is 2.11. The molecule has 4 rings (SSSR count). The fraction of sp³-hybridized carbons (Fsp3) is 0.167. The Kier molecular flexibility index (Phi) is 6.13. The number of hydrogen-bond donors (Lipinski definition) is 0. The van der Waals surface area contributed by atoms with Crippen molar-refractivity contribution < 1.29 is 9.53 Å². The van der Waals surface area contributed by atoms with E-state index in [1.165, 1.54) is 0 Å². The predicted molar refractivity (Wildman–Crippen MR) is 122 cm³/mol. The smallest absolute Gasteiger partial charge is 0.196 e. The predicted octanol–water partition coefficient (Wildman–Crippen LogP) is 5.14. The molecule has 0 atom stereocenters. The molecule has 7 heteroatoms. The highest BCUT2D eigenvalue weighted by molar-refractivity contribution is 7.98. The molecule has 0 amide bonds. The lowest BCUT2D eigenvalue weighted by molar-refractivity contribution is 0.101. The van der Waals surface area contributed by atoms with Gasteiger partial charge >= 0.3 is 0 Å². The first-order valence-corrected chi connectivity index (χ1v) is 10.8. The SMILES string of the molecule is COc1ccc(C(C)=O)cc1CSc1nnc(-c2ccncc2)n1-c1ccccc1C. The van der Waals surface area contributed by atoms with Gasteiger partial charge in [0.2, 0.25) is 0 Å². The van der Waals surface area contributed by atoms with Gasteiger partial charge in [-0.2, -0.15) is 0 Å². The normalized spacial score (nSPS) is 10.8. The van der Waals surface area contributed by atoms with Crippen LogP contribution in [0.2, 0.25) is 0 Å². The molecular formula is C24H22N4O2S. The molecule has 4 aromatic rings. The number of aromatic nitrogens is 4. The maximum atomic E-state index is 11.8. The van der Waals surface area contributed by atoms with Gasteiger partial charge in [0.05, 0.1) is 12.8 Å². The number of carbonyl (C=O) groups is 1. The molecule has 0 aliphatic rings. The number of carbonyl (C=O) groups excluding carboxylic acids is 1. The number of rotatable bonds is 7. The molecule has 0 bridgehead atoms. The third-order valence-corrected chi connectivity index (χ3v) is 5.95. The van der Waals surface area contributed by atoms with Crippen molar-refractivity contribution in [3.63, 3.8) is 0 Å². The molecule has 0 radical (unpaired) electrons. The Morgan fingerprint density at radius 2 is 1.84 bits per heavy atom. The molecule has 156 valence electrons. The van der Waals surface area contributed by atoms with E-state index >= 15 is 0 Å². The number of aryl methyl sites for hydroxylation is 1. The van der Waals surface area contributed by atoms with Gasteiger partial charge < -0.3 is 4.74 Å². The van der Waals surface area contributed by atoms with E-state index in [0.29, 0.717) is 11.3 Å². The number of Topliss-reactive ketones (excluding diaryl/α,β-unsaturated/α-hetero) is 1. The van der Waals surface area contributed by atoms with Crippen LogP contribution >= 0.6 is 11.8 Å². The van der Waals surface area contributed by atoms with E-state index in [1.54, 1.807) is 44.3 Å². The van der Waals surface area contributed by atoms with E-state index in [-0.39, 0.29) is 5.78 Å². The van der Waals surface area contributed by atoms with Crippen LogP contribution in [0.5, 0.6) is 5.75 Å². The van der Waals surface area contributed by atoms with E-state index in [0.717, 1.165) is 39.1 Å². The molecule has 0 spiro atoms. The van der Waals surface area contributed by atoms with Crippen LogP contribution in [0.4, 0.5) is 0 Å². The molecular weight excluding hydrogens is 408 g/mol. The number of para-hydroxylation sites is 1. The lowest BCUT2D eigenvalue weighted by atomic mass is 10.1. The standard InChI is InChI=1S/C24H22N4O2S/c1-16-6-4-5-7-21(16)28-23(18-10-12-25-13-11-18)26-27-24(28)31-15-20-14-19(17(2)29)8-9-22(20)30-3/h4-14H,15H2,1-3H3. The van der Waals surface area contributed by atoms with Crippen molar-refractivity contribution in [2.24, 2.45) is 0 Å². The van der Waals surface area contributed by atoms with E-state index in [1.807, 2.05) is 36.4 Å². The number of thioether (sulfide) groups is 1. The van der Waals surface area contributed by atoms with Crippen LogP contribution in [-0.2, 0) is 5.75 Å². The van der Waals surface area contributed by atoms with Crippen molar-refractivity contribution in [3.05, 3.63) is 83.7 Å². The van der Waals surface area contributed by atoms with Gasteiger partial charge in [0.1, 0.15) is 5.75 Å². The van der Waals surface area contributed by atoms with Crippen molar-refractivity contribution >= 4 is 17.5 Å². The van der Waals surface area contributed by atoms with Crippen molar-refractivity contribution in [1.29, 1.82) is 0 Å². The first kappa shape index (κ1) is 20.8. The summed E-state index contributed by atoms with van der Waals surface area (Å²) in [6, 6.07) is 17.5. The van der Waals surface area contributed by atoms with Crippen LogP contribution in [0.1, 0.15) is 28.4 Å². The Hall–Kier alpha value is -3.45. The quantitative estimate of drug-likeness (QED) is 0.299. The van der Waals surface area contributed by atoms with Gasteiger partial charge in [-0.15, -0.1) is 10.2 Å². The Morgan fingerprint density at radius 1 is 1.06 bits per heavy atom. The Balaban J connectivity index is 1.75. The lowest BCUT2D eigenvalue weighted by Gasteiger charge is -2.14. The van der Waals surface area contributed by atoms with Gasteiger partial charge in [0, 0.05) is 34.8 Å². The summed E-state index contributed by atoms with van der Waals surface area (Å²) < 4.78 is 7.57. The summed E-state index contributed by atoms with van der Waals surface area (Å²) >= 11 is 1.55. The van der Waals surface area contributed by atoms with Crippen LogP contribution in [0, 0.1) is 6.92 Å². The molecule has 0 unspecified atom stereocenters. The molecule has 0 aliphatic carbocycles. The van der Waals surface area contributed by atoms with E-state index in [2.05, 4.69) is 38.8 Å². The average molecular weight is 431 g/mol. The second-order valence-corrected chi connectivity index (χ2v) is 7.98. The minimum absolute atomic E-state index is 0.0250. The highest BCUT2D eigenvalue weighted by Gasteiger charge is 2.18. The monoisotopic (exact) mass is 430 g/mol. The van der Waals surface area contributed by atoms with Crippen molar-refractivity contribution in [3.8, 4) is 22.8 Å². The molecule has 2 heterocycles. The minimum atomic E-state index is 0.0250. The third kappa shape index (κ3) is 4.36. The van der Waals surface area contributed by atoms with Gasteiger partial charge in [0.15, 0.2) is 16.8 Å². The summed E-state index contributed by atoms with van der Waals surface area (Å²) in [6.07, 6.45) is 3.49. The second-order valence-electron chi connectivity index (χ2n) is 7.04. The molecule has 0 saturated heterocycles. The summed E-state index contributed by atoms with van der Waals surface area (Å²) in [5, 5.41) is 9.73. The van der Waals surface area contributed by atoms with Crippen molar-refractivity contribution in [2.45, 2.75) is 24.8 Å². The highest BCUT2D eigenvalue weighted by atomic mass is 32.2.